The molecule has 0 radical (unpaired) electrons. The standard InChI is InChI=1S/C19H22O4/c1-19(17(20)4-3-5-18(19)21)10-8-13-9-11-23-16-12-14(22-2)6-7-15(13)16/h6-8,12H,3-5,9-11H2,1-2H3. The third kappa shape index (κ3) is 2.90. The minimum Gasteiger partial charge on any atom is -0.497 e. The van der Waals surface area contributed by atoms with Crippen LogP contribution in [0.5, 0.6) is 11.5 Å². The van der Waals surface area contributed by atoms with E-state index >= 15 is 0 Å². The molecule has 4 heteroatoms. The van der Waals surface area contributed by atoms with Crippen molar-refractivity contribution in [2.75, 3.05) is 13.7 Å². The Labute approximate surface area is 136 Å². The normalized spacial score (nSPS) is 21.7. The van der Waals surface area contributed by atoms with Gasteiger partial charge in [-0.3, -0.25) is 9.59 Å². The molecule has 0 saturated heterocycles. The van der Waals surface area contributed by atoms with Gasteiger partial charge in [-0.25, -0.2) is 0 Å². The van der Waals surface area contributed by atoms with Crippen molar-refractivity contribution in [3.8, 4) is 11.5 Å². The third-order valence-corrected chi connectivity index (χ3v) is 4.96. The minimum absolute atomic E-state index is 0.0765. The van der Waals surface area contributed by atoms with E-state index in [0.717, 1.165) is 29.1 Å². The molecule has 0 amide bonds. The molecule has 1 aromatic carbocycles. The van der Waals surface area contributed by atoms with E-state index < -0.39 is 5.41 Å². The summed E-state index contributed by atoms with van der Waals surface area (Å²) < 4.78 is 10.9. The number of allylic oxidation sites excluding steroid dienone is 1. The summed E-state index contributed by atoms with van der Waals surface area (Å²) in [6.45, 7) is 2.40. The first kappa shape index (κ1) is 15.8. The fourth-order valence-electron chi connectivity index (χ4n) is 3.30. The Balaban J connectivity index is 1.87. The van der Waals surface area contributed by atoms with Crippen LogP contribution in [0.15, 0.2) is 24.3 Å². The highest BCUT2D eigenvalue weighted by Gasteiger charge is 2.41. The fourth-order valence-corrected chi connectivity index (χ4v) is 3.30. The number of hydrogen-bond donors (Lipinski definition) is 0. The van der Waals surface area contributed by atoms with Crippen LogP contribution >= 0.6 is 0 Å². The van der Waals surface area contributed by atoms with Gasteiger partial charge in [0, 0.05) is 30.9 Å². The van der Waals surface area contributed by atoms with Crippen molar-refractivity contribution in [1.82, 2.24) is 0 Å². The highest BCUT2D eigenvalue weighted by molar-refractivity contribution is 6.08. The molecule has 23 heavy (non-hydrogen) atoms. The fraction of sp³-hybridized carbons (Fsp3) is 0.474. The maximum atomic E-state index is 12.2. The van der Waals surface area contributed by atoms with Crippen molar-refractivity contribution in [2.24, 2.45) is 5.41 Å². The summed E-state index contributed by atoms with van der Waals surface area (Å²) in [5, 5.41) is 0. The summed E-state index contributed by atoms with van der Waals surface area (Å²) in [5.74, 6) is 1.71. The number of rotatable bonds is 3. The van der Waals surface area contributed by atoms with E-state index in [1.807, 2.05) is 18.2 Å². The first-order valence-electron chi connectivity index (χ1n) is 8.11. The number of ketones is 2. The van der Waals surface area contributed by atoms with E-state index in [2.05, 4.69) is 6.08 Å². The summed E-state index contributed by atoms with van der Waals surface area (Å²) in [5.41, 5.74) is 1.31. The van der Waals surface area contributed by atoms with E-state index in [0.29, 0.717) is 32.3 Å². The summed E-state index contributed by atoms with van der Waals surface area (Å²) in [4.78, 5) is 24.5. The molecule has 0 atom stereocenters. The Morgan fingerprint density at radius 1 is 1.22 bits per heavy atom. The molecular formula is C19H22O4. The van der Waals surface area contributed by atoms with Crippen molar-refractivity contribution in [1.29, 1.82) is 0 Å². The Hall–Kier alpha value is -2.10. The van der Waals surface area contributed by atoms with Gasteiger partial charge in [0.1, 0.15) is 23.1 Å². The summed E-state index contributed by atoms with van der Waals surface area (Å²) in [6, 6.07) is 5.76. The molecule has 0 bridgehead atoms. The summed E-state index contributed by atoms with van der Waals surface area (Å²) in [6.07, 6.45) is 5.04. The number of hydrogen-bond acceptors (Lipinski definition) is 4. The zero-order valence-corrected chi connectivity index (χ0v) is 13.7. The largest absolute Gasteiger partial charge is 0.497 e. The molecule has 1 aliphatic carbocycles. The van der Waals surface area contributed by atoms with Crippen molar-refractivity contribution >= 4 is 17.1 Å². The smallest absolute Gasteiger partial charge is 0.146 e. The van der Waals surface area contributed by atoms with Gasteiger partial charge in [0.2, 0.25) is 0 Å². The van der Waals surface area contributed by atoms with Crippen molar-refractivity contribution in [2.45, 2.75) is 39.0 Å². The van der Waals surface area contributed by atoms with Gasteiger partial charge >= 0.3 is 0 Å². The topological polar surface area (TPSA) is 52.6 Å². The number of Topliss-reactive ketones (excluding diaryl/α,β-unsaturated/α-hetero) is 2. The van der Waals surface area contributed by atoms with Gasteiger partial charge in [-0.2, -0.15) is 0 Å². The average Bonchev–Trinajstić information content (AvgIpc) is 2.57. The molecule has 1 heterocycles. The molecule has 1 aliphatic heterocycles. The number of methoxy groups -OCH3 is 1. The lowest BCUT2D eigenvalue weighted by atomic mass is 9.71. The highest BCUT2D eigenvalue weighted by Crippen LogP contribution is 2.39. The van der Waals surface area contributed by atoms with Crippen LogP contribution in [0.3, 0.4) is 0 Å². The second kappa shape index (κ2) is 6.19. The molecule has 1 aromatic rings. The zero-order chi connectivity index (χ0) is 16.4. The van der Waals surface area contributed by atoms with E-state index in [-0.39, 0.29) is 11.6 Å². The predicted octanol–water partition coefficient (Wildman–Crippen LogP) is 3.58. The van der Waals surface area contributed by atoms with Gasteiger partial charge in [-0.15, -0.1) is 0 Å². The second-order valence-corrected chi connectivity index (χ2v) is 6.43. The Bertz CT molecular complexity index is 656. The Kier molecular flexibility index (Phi) is 4.24. The zero-order valence-electron chi connectivity index (χ0n) is 13.7. The molecule has 2 aliphatic rings. The van der Waals surface area contributed by atoms with E-state index in [1.165, 1.54) is 0 Å². The first-order chi connectivity index (χ1) is 11.0. The average molecular weight is 314 g/mol. The summed E-state index contributed by atoms with van der Waals surface area (Å²) in [7, 11) is 1.63. The molecule has 0 unspecified atom stereocenters. The van der Waals surface area contributed by atoms with E-state index in [1.54, 1.807) is 14.0 Å². The van der Waals surface area contributed by atoms with Crippen LogP contribution < -0.4 is 9.47 Å². The third-order valence-electron chi connectivity index (χ3n) is 4.96. The number of carbonyl (C=O) groups excluding carboxylic acids is 2. The van der Waals surface area contributed by atoms with Crippen molar-refractivity contribution < 1.29 is 19.1 Å². The monoisotopic (exact) mass is 314 g/mol. The predicted molar refractivity (Wildman–Crippen MR) is 87.7 cm³/mol. The molecule has 0 N–H and O–H groups in total. The van der Waals surface area contributed by atoms with Crippen LogP contribution in [-0.4, -0.2) is 25.3 Å². The lowest BCUT2D eigenvalue weighted by Gasteiger charge is -2.30. The maximum Gasteiger partial charge on any atom is 0.146 e. The summed E-state index contributed by atoms with van der Waals surface area (Å²) >= 11 is 0. The SMILES string of the molecule is COc1ccc2c(c1)OCCC2=CCC1(C)C(=O)CCCC1=O. The van der Waals surface area contributed by atoms with Crippen LogP contribution in [0.1, 0.15) is 44.6 Å². The Morgan fingerprint density at radius 3 is 2.65 bits per heavy atom. The second-order valence-electron chi connectivity index (χ2n) is 6.43. The lowest BCUT2D eigenvalue weighted by molar-refractivity contribution is -0.142. The molecule has 1 saturated carbocycles. The van der Waals surface area contributed by atoms with E-state index in [4.69, 9.17) is 9.47 Å². The van der Waals surface area contributed by atoms with Crippen molar-refractivity contribution in [3.63, 3.8) is 0 Å². The van der Waals surface area contributed by atoms with Gasteiger partial charge < -0.3 is 9.47 Å². The molecule has 0 aromatic heterocycles. The first-order valence-corrected chi connectivity index (χ1v) is 8.11. The molecular weight excluding hydrogens is 292 g/mol. The van der Waals surface area contributed by atoms with Gasteiger partial charge in [-0.1, -0.05) is 6.08 Å². The van der Waals surface area contributed by atoms with Crippen LogP contribution in [0, 0.1) is 5.41 Å². The van der Waals surface area contributed by atoms with Gasteiger partial charge in [0.15, 0.2) is 0 Å². The number of ether oxygens (including phenoxy) is 2. The van der Waals surface area contributed by atoms with Crippen molar-refractivity contribution in [3.05, 3.63) is 29.8 Å². The van der Waals surface area contributed by atoms with E-state index in [9.17, 15) is 9.59 Å². The molecule has 0 spiro atoms. The maximum absolute atomic E-state index is 12.2. The molecule has 1 fully saturated rings. The lowest BCUT2D eigenvalue weighted by Crippen LogP contribution is -2.39. The van der Waals surface area contributed by atoms with Gasteiger partial charge in [0.25, 0.3) is 0 Å². The number of fused-ring (bicyclic) bond motifs is 1. The quantitative estimate of drug-likeness (QED) is 0.800. The highest BCUT2D eigenvalue weighted by atomic mass is 16.5. The van der Waals surface area contributed by atoms with Gasteiger partial charge in [0.05, 0.1) is 19.1 Å². The van der Waals surface area contributed by atoms with Crippen LogP contribution in [0.2, 0.25) is 0 Å². The Morgan fingerprint density at radius 2 is 1.96 bits per heavy atom. The van der Waals surface area contributed by atoms with Crippen LogP contribution in [0.4, 0.5) is 0 Å². The number of benzene rings is 1. The number of carbonyl (C=O) groups is 2. The van der Waals surface area contributed by atoms with Crippen LogP contribution in [0.25, 0.3) is 5.57 Å². The van der Waals surface area contributed by atoms with Gasteiger partial charge in [-0.05, 0) is 37.5 Å². The molecule has 3 rings (SSSR count). The minimum atomic E-state index is -0.851. The molecule has 4 nitrogen and oxygen atoms in total. The van der Waals surface area contributed by atoms with Crippen LogP contribution in [-0.2, 0) is 9.59 Å². The molecule has 122 valence electrons.